The first kappa shape index (κ1) is 18.1. The van der Waals surface area contributed by atoms with Gasteiger partial charge in [0.25, 0.3) is 5.76 Å². The first-order valence-electron chi connectivity index (χ1n) is 7.66. The molecule has 0 unspecified atom stereocenters. The second kappa shape index (κ2) is 7.65. The van der Waals surface area contributed by atoms with E-state index >= 15 is 0 Å². The topological polar surface area (TPSA) is 61.2 Å². The maximum absolute atomic E-state index is 12.8. The molecule has 0 spiro atoms. The van der Waals surface area contributed by atoms with Gasteiger partial charge >= 0.3 is 5.97 Å². The van der Waals surface area contributed by atoms with E-state index in [0.29, 0.717) is 16.6 Å². The summed E-state index contributed by atoms with van der Waals surface area (Å²) in [5, 5.41) is 0.0376. The number of carbonyl (C=O) groups excluding carboxylic acids is 2. The van der Waals surface area contributed by atoms with Crippen molar-refractivity contribution in [2.75, 3.05) is 0 Å². The molecule has 3 rings (SSSR count). The summed E-state index contributed by atoms with van der Waals surface area (Å²) in [6.07, 6.45) is 0. The number of halogens is 2. The molecule has 26 heavy (non-hydrogen) atoms. The number of ether oxygens (including phenoxy) is 1. The highest BCUT2D eigenvalue weighted by molar-refractivity contribution is 7.99. The summed E-state index contributed by atoms with van der Waals surface area (Å²) < 4.78 is 32.2. The van der Waals surface area contributed by atoms with Gasteiger partial charge in [0.05, 0.1) is 11.0 Å². The SMILES string of the molecule is CC(=O)c1cccc(OC(=O)Cn2c(SC(F)F)nc3ccccc32)c1. The Morgan fingerprint density at radius 1 is 1.19 bits per heavy atom. The summed E-state index contributed by atoms with van der Waals surface area (Å²) >= 11 is 0.272. The summed E-state index contributed by atoms with van der Waals surface area (Å²) in [6, 6.07) is 13.1. The molecule has 3 aromatic rings. The maximum Gasteiger partial charge on any atom is 0.331 e. The molecule has 0 atom stereocenters. The standard InChI is InChI=1S/C18H14F2N2O3S/c1-11(23)12-5-4-6-13(9-12)25-16(24)10-22-15-8-3-2-7-14(15)21-18(22)26-17(19)20/h2-9,17H,10H2,1H3. The van der Waals surface area contributed by atoms with Gasteiger partial charge in [-0.3, -0.25) is 4.79 Å². The third kappa shape index (κ3) is 4.08. The number of nitrogens with zero attached hydrogens (tertiary/aromatic N) is 2. The molecule has 5 nitrogen and oxygen atoms in total. The molecular formula is C18H14F2N2O3S. The van der Waals surface area contributed by atoms with Crippen molar-refractivity contribution in [3.05, 3.63) is 54.1 Å². The summed E-state index contributed by atoms with van der Waals surface area (Å²) in [6.45, 7) is 1.13. The Hall–Kier alpha value is -2.74. The van der Waals surface area contributed by atoms with Gasteiger partial charge in [-0.05, 0) is 43.0 Å². The molecule has 0 aliphatic heterocycles. The monoisotopic (exact) mass is 376 g/mol. The van der Waals surface area contributed by atoms with Crippen molar-refractivity contribution in [2.45, 2.75) is 24.4 Å². The third-order valence-electron chi connectivity index (χ3n) is 3.57. The van der Waals surface area contributed by atoms with Crippen LogP contribution < -0.4 is 4.74 Å². The Labute approximate surface area is 152 Å². The van der Waals surface area contributed by atoms with E-state index in [1.807, 2.05) is 0 Å². The van der Waals surface area contributed by atoms with E-state index in [4.69, 9.17) is 4.74 Å². The van der Waals surface area contributed by atoms with Crippen LogP contribution in [0.2, 0.25) is 0 Å². The number of para-hydroxylation sites is 2. The van der Waals surface area contributed by atoms with Crippen molar-refractivity contribution in [3.63, 3.8) is 0 Å². The molecule has 0 saturated heterocycles. The fourth-order valence-electron chi connectivity index (χ4n) is 2.45. The van der Waals surface area contributed by atoms with E-state index in [0.717, 1.165) is 0 Å². The van der Waals surface area contributed by atoms with Crippen LogP contribution in [-0.4, -0.2) is 27.1 Å². The van der Waals surface area contributed by atoms with Crippen LogP contribution in [0.25, 0.3) is 11.0 Å². The lowest BCUT2D eigenvalue weighted by atomic mass is 10.1. The molecule has 0 bridgehead atoms. The Morgan fingerprint density at radius 3 is 2.69 bits per heavy atom. The van der Waals surface area contributed by atoms with Crippen LogP contribution in [-0.2, 0) is 11.3 Å². The van der Waals surface area contributed by atoms with Gasteiger partial charge in [0.1, 0.15) is 12.3 Å². The fourth-order valence-corrected chi connectivity index (χ4v) is 3.05. The smallest absolute Gasteiger partial charge is 0.331 e. The molecule has 0 radical (unpaired) electrons. The molecule has 1 heterocycles. The van der Waals surface area contributed by atoms with Crippen molar-refractivity contribution >= 4 is 34.5 Å². The van der Waals surface area contributed by atoms with E-state index in [2.05, 4.69) is 4.98 Å². The quantitative estimate of drug-likeness (QED) is 0.280. The van der Waals surface area contributed by atoms with Crippen LogP contribution in [0, 0.1) is 0 Å². The Kier molecular flexibility index (Phi) is 5.32. The van der Waals surface area contributed by atoms with Gasteiger partial charge in [-0.1, -0.05) is 24.3 Å². The number of ketones is 1. The van der Waals surface area contributed by atoms with Crippen LogP contribution in [0.15, 0.2) is 53.7 Å². The molecular weight excluding hydrogens is 362 g/mol. The lowest BCUT2D eigenvalue weighted by Crippen LogP contribution is -2.17. The van der Waals surface area contributed by atoms with E-state index < -0.39 is 11.7 Å². The first-order chi connectivity index (χ1) is 12.4. The normalized spacial score (nSPS) is 11.1. The highest BCUT2D eigenvalue weighted by Crippen LogP contribution is 2.28. The van der Waals surface area contributed by atoms with Gasteiger partial charge in [-0.2, -0.15) is 8.78 Å². The van der Waals surface area contributed by atoms with E-state index in [-0.39, 0.29) is 35.0 Å². The van der Waals surface area contributed by atoms with Gasteiger partial charge in [0.15, 0.2) is 10.9 Å². The van der Waals surface area contributed by atoms with Crippen LogP contribution in [0.3, 0.4) is 0 Å². The number of hydrogen-bond donors (Lipinski definition) is 0. The van der Waals surface area contributed by atoms with Crippen molar-refractivity contribution in [1.29, 1.82) is 0 Å². The number of aromatic nitrogens is 2. The molecule has 0 fully saturated rings. The number of benzene rings is 2. The van der Waals surface area contributed by atoms with E-state index in [9.17, 15) is 18.4 Å². The van der Waals surface area contributed by atoms with Crippen molar-refractivity contribution in [1.82, 2.24) is 9.55 Å². The zero-order chi connectivity index (χ0) is 18.7. The van der Waals surface area contributed by atoms with Crippen LogP contribution >= 0.6 is 11.8 Å². The molecule has 1 aromatic heterocycles. The lowest BCUT2D eigenvalue weighted by molar-refractivity contribution is -0.135. The number of carbonyl (C=O) groups is 2. The molecule has 0 saturated carbocycles. The molecule has 0 aliphatic rings. The zero-order valence-electron chi connectivity index (χ0n) is 13.7. The average Bonchev–Trinajstić information content (AvgIpc) is 2.91. The average molecular weight is 376 g/mol. The predicted molar refractivity (Wildman–Crippen MR) is 93.7 cm³/mol. The Bertz CT molecular complexity index is 972. The second-order valence-electron chi connectivity index (χ2n) is 5.41. The number of hydrogen-bond acceptors (Lipinski definition) is 5. The second-order valence-corrected chi connectivity index (χ2v) is 6.36. The van der Waals surface area contributed by atoms with Crippen molar-refractivity contribution in [2.24, 2.45) is 0 Å². The molecule has 8 heteroatoms. The van der Waals surface area contributed by atoms with Gasteiger partial charge in [-0.25, -0.2) is 9.78 Å². The van der Waals surface area contributed by atoms with E-state index in [1.54, 1.807) is 42.5 Å². The van der Waals surface area contributed by atoms with Crippen molar-refractivity contribution in [3.8, 4) is 5.75 Å². The summed E-state index contributed by atoms with van der Waals surface area (Å²) in [5.41, 5.74) is 1.49. The van der Waals surface area contributed by atoms with Crippen LogP contribution in [0.4, 0.5) is 8.78 Å². The number of fused-ring (bicyclic) bond motifs is 1. The Morgan fingerprint density at radius 2 is 1.96 bits per heavy atom. The first-order valence-corrected chi connectivity index (χ1v) is 8.54. The molecule has 134 valence electrons. The summed E-state index contributed by atoms with van der Waals surface area (Å²) in [4.78, 5) is 27.8. The maximum atomic E-state index is 12.8. The molecule has 2 aromatic carbocycles. The van der Waals surface area contributed by atoms with Crippen molar-refractivity contribution < 1.29 is 23.1 Å². The molecule has 0 amide bonds. The van der Waals surface area contributed by atoms with E-state index in [1.165, 1.54) is 17.6 Å². The third-order valence-corrected chi connectivity index (χ3v) is 4.27. The fraction of sp³-hybridized carbons (Fsp3) is 0.167. The largest absolute Gasteiger partial charge is 0.425 e. The van der Waals surface area contributed by atoms with Gasteiger partial charge in [0.2, 0.25) is 0 Å². The number of esters is 1. The molecule has 0 aliphatic carbocycles. The number of imidazole rings is 1. The van der Waals surface area contributed by atoms with Crippen LogP contribution in [0.5, 0.6) is 5.75 Å². The van der Waals surface area contributed by atoms with Crippen LogP contribution in [0.1, 0.15) is 17.3 Å². The zero-order valence-corrected chi connectivity index (χ0v) is 14.5. The van der Waals surface area contributed by atoms with Gasteiger partial charge < -0.3 is 9.30 Å². The number of alkyl halides is 2. The summed E-state index contributed by atoms with van der Waals surface area (Å²) in [5.74, 6) is -3.24. The lowest BCUT2D eigenvalue weighted by Gasteiger charge is -2.09. The van der Waals surface area contributed by atoms with Gasteiger partial charge in [0, 0.05) is 5.56 Å². The minimum Gasteiger partial charge on any atom is -0.425 e. The Balaban J connectivity index is 1.85. The summed E-state index contributed by atoms with van der Waals surface area (Å²) in [7, 11) is 0. The number of rotatable bonds is 6. The predicted octanol–water partition coefficient (Wildman–Crippen LogP) is 4.16. The number of thioether (sulfide) groups is 1. The highest BCUT2D eigenvalue weighted by Gasteiger charge is 2.18. The highest BCUT2D eigenvalue weighted by atomic mass is 32.2. The number of Topliss-reactive ketones (excluding diaryl/α,β-unsaturated/α-hetero) is 1. The minimum atomic E-state index is -2.66. The van der Waals surface area contributed by atoms with Gasteiger partial charge in [-0.15, -0.1) is 0 Å². The minimum absolute atomic E-state index is 0.0376. The molecule has 0 N–H and O–H groups in total.